The average molecular weight is 306 g/mol. The van der Waals surface area contributed by atoms with E-state index in [1.807, 2.05) is 0 Å². The lowest BCUT2D eigenvalue weighted by molar-refractivity contribution is -0.165. The molecule has 0 radical (unpaired) electrons. The molecule has 0 heterocycles. The van der Waals surface area contributed by atoms with Gasteiger partial charge in [-0.15, -0.1) is 6.58 Å². The van der Waals surface area contributed by atoms with Crippen LogP contribution in [0, 0.1) is 5.41 Å². The first-order chi connectivity index (χ1) is 10.4. The largest absolute Gasteiger partial charge is 0.480 e. The van der Waals surface area contributed by atoms with Gasteiger partial charge in [-0.05, 0) is 37.0 Å². The first-order valence-corrected chi connectivity index (χ1v) is 6.62. The summed E-state index contributed by atoms with van der Waals surface area (Å²) in [5.74, 6) is -3.39. The summed E-state index contributed by atoms with van der Waals surface area (Å²) < 4.78 is 4.60. The molecule has 118 valence electrons. The number of carbonyl (C=O) groups is 3. The molecule has 6 nitrogen and oxygen atoms in total. The molecule has 0 aliphatic rings. The lowest BCUT2D eigenvalue weighted by Crippen LogP contribution is -2.41. The van der Waals surface area contributed by atoms with Crippen molar-refractivity contribution in [2.75, 3.05) is 7.11 Å². The van der Waals surface area contributed by atoms with Crippen molar-refractivity contribution in [2.45, 2.75) is 19.3 Å². The van der Waals surface area contributed by atoms with Crippen molar-refractivity contribution in [1.82, 2.24) is 0 Å². The highest BCUT2D eigenvalue weighted by molar-refractivity contribution is 5.98. The van der Waals surface area contributed by atoms with Crippen LogP contribution in [0.25, 0.3) is 0 Å². The number of ether oxygens (including phenoxy) is 1. The minimum Gasteiger partial charge on any atom is -0.480 e. The summed E-state index contributed by atoms with van der Waals surface area (Å²) in [6, 6.07) is 6.10. The van der Waals surface area contributed by atoms with Gasteiger partial charge in [0.1, 0.15) is 0 Å². The molecule has 1 aromatic rings. The third-order valence-electron chi connectivity index (χ3n) is 3.45. The summed E-state index contributed by atoms with van der Waals surface area (Å²) in [6.07, 6.45) is 1.43. The molecule has 0 aliphatic heterocycles. The first-order valence-electron chi connectivity index (χ1n) is 6.62. The van der Waals surface area contributed by atoms with Crippen LogP contribution in [0.15, 0.2) is 36.9 Å². The van der Waals surface area contributed by atoms with Crippen LogP contribution in [0.2, 0.25) is 0 Å². The lowest BCUT2D eigenvalue weighted by Gasteiger charge is -2.24. The molecule has 0 aliphatic carbocycles. The third-order valence-corrected chi connectivity index (χ3v) is 3.45. The van der Waals surface area contributed by atoms with Crippen LogP contribution >= 0.6 is 0 Å². The number of carboxylic acid groups (broad SMARTS) is 2. The van der Waals surface area contributed by atoms with Crippen molar-refractivity contribution in [3.8, 4) is 0 Å². The average Bonchev–Trinajstić information content (AvgIpc) is 2.50. The monoisotopic (exact) mass is 306 g/mol. The van der Waals surface area contributed by atoms with E-state index in [0.717, 1.165) is 0 Å². The van der Waals surface area contributed by atoms with Crippen molar-refractivity contribution >= 4 is 17.9 Å². The zero-order chi connectivity index (χ0) is 16.8. The second-order valence-electron chi connectivity index (χ2n) is 4.89. The van der Waals surface area contributed by atoms with Gasteiger partial charge in [-0.2, -0.15) is 0 Å². The zero-order valence-corrected chi connectivity index (χ0v) is 12.2. The van der Waals surface area contributed by atoms with E-state index < -0.39 is 23.3 Å². The molecule has 0 atom stereocenters. The fourth-order valence-electron chi connectivity index (χ4n) is 2.17. The van der Waals surface area contributed by atoms with Gasteiger partial charge >= 0.3 is 17.9 Å². The number of esters is 1. The number of hydrogen-bond donors (Lipinski definition) is 2. The van der Waals surface area contributed by atoms with E-state index in [4.69, 9.17) is 0 Å². The van der Waals surface area contributed by atoms with Crippen LogP contribution in [-0.4, -0.2) is 35.2 Å². The fourth-order valence-corrected chi connectivity index (χ4v) is 2.17. The normalized spacial score (nSPS) is 10.8. The van der Waals surface area contributed by atoms with Gasteiger partial charge in [0, 0.05) is 0 Å². The third kappa shape index (κ3) is 3.72. The molecule has 0 aromatic heterocycles. The quantitative estimate of drug-likeness (QED) is 0.433. The molecule has 2 N–H and O–H groups in total. The molecule has 0 saturated carbocycles. The van der Waals surface area contributed by atoms with Crippen molar-refractivity contribution in [2.24, 2.45) is 5.41 Å². The van der Waals surface area contributed by atoms with Gasteiger partial charge in [0.25, 0.3) is 0 Å². The molecule has 0 bridgehead atoms. The fraction of sp³-hybridized carbons (Fsp3) is 0.312. The molecule has 1 aromatic carbocycles. The van der Waals surface area contributed by atoms with Gasteiger partial charge in [-0.3, -0.25) is 9.59 Å². The van der Waals surface area contributed by atoms with Crippen LogP contribution in [0.3, 0.4) is 0 Å². The molecule has 0 unspecified atom stereocenters. The number of carboxylic acids is 2. The molecule has 6 heteroatoms. The highest BCUT2D eigenvalue weighted by Gasteiger charge is 2.45. The van der Waals surface area contributed by atoms with E-state index >= 15 is 0 Å². The molecular weight excluding hydrogens is 288 g/mol. The molecule has 22 heavy (non-hydrogen) atoms. The topological polar surface area (TPSA) is 101 Å². The van der Waals surface area contributed by atoms with E-state index in [0.29, 0.717) is 5.56 Å². The molecule has 0 saturated heterocycles. The van der Waals surface area contributed by atoms with Gasteiger partial charge in [0.2, 0.25) is 0 Å². The van der Waals surface area contributed by atoms with Gasteiger partial charge < -0.3 is 14.9 Å². The highest BCUT2D eigenvalue weighted by Crippen LogP contribution is 2.30. The molecule has 1 rings (SSSR count). The second kappa shape index (κ2) is 7.40. The summed E-state index contributed by atoms with van der Waals surface area (Å²) in [7, 11) is 1.23. The van der Waals surface area contributed by atoms with Crippen LogP contribution in [0.1, 0.15) is 28.8 Å². The SMILES string of the molecule is C=CCCC(Cc1cccc(C(=O)OC)c1)(C(=O)O)C(=O)O. The van der Waals surface area contributed by atoms with E-state index in [1.54, 1.807) is 12.1 Å². The van der Waals surface area contributed by atoms with Crippen molar-refractivity contribution in [3.05, 3.63) is 48.0 Å². The molecular formula is C16H18O6. The number of aliphatic carboxylic acids is 2. The van der Waals surface area contributed by atoms with Crippen molar-refractivity contribution in [1.29, 1.82) is 0 Å². The van der Waals surface area contributed by atoms with Crippen LogP contribution in [0.4, 0.5) is 0 Å². The number of methoxy groups -OCH3 is 1. The Labute approximate surface area is 128 Å². The van der Waals surface area contributed by atoms with E-state index in [9.17, 15) is 24.6 Å². The molecule has 0 fully saturated rings. The van der Waals surface area contributed by atoms with Gasteiger partial charge in [-0.25, -0.2) is 4.79 Å². The Kier molecular flexibility index (Phi) is 5.86. The predicted molar refractivity (Wildman–Crippen MR) is 78.6 cm³/mol. The second-order valence-corrected chi connectivity index (χ2v) is 4.89. The highest BCUT2D eigenvalue weighted by atomic mass is 16.5. The number of carbonyl (C=O) groups excluding carboxylic acids is 1. The number of hydrogen-bond acceptors (Lipinski definition) is 4. The maximum atomic E-state index is 11.5. The van der Waals surface area contributed by atoms with Gasteiger partial charge in [0.05, 0.1) is 12.7 Å². The Hall–Kier alpha value is -2.63. The van der Waals surface area contributed by atoms with Gasteiger partial charge in [-0.1, -0.05) is 18.2 Å². The summed E-state index contributed by atoms with van der Waals surface area (Å²) in [5, 5.41) is 18.8. The van der Waals surface area contributed by atoms with E-state index in [-0.39, 0.29) is 24.8 Å². The maximum Gasteiger partial charge on any atom is 0.337 e. The smallest absolute Gasteiger partial charge is 0.337 e. The zero-order valence-electron chi connectivity index (χ0n) is 12.2. The minimum atomic E-state index is -1.96. The van der Waals surface area contributed by atoms with Crippen LogP contribution in [-0.2, 0) is 20.7 Å². The van der Waals surface area contributed by atoms with Crippen molar-refractivity contribution < 1.29 is 29.3 Å². The lowest BCUT2D eigenvalue weighted by atomic mass is 9.77. The molecule has 0 amide bonds. The van der Waals surface area contributed by atoms with E-state index in [2.05, 4.69) is 11.3 Å². The summed E-state index contributed by atoms with van der Waals surface area (Å²) in [4.78, 5) is 34.6. The minimum absolute atomic E-state index is 0.0797. The Morgan fingerprint density at radius 1 is 1.27 bits per heavy atom. The number of benzene rings is 1. The summed E-state index contributed by atoms with van der Waals surface area (Å²) in [6.45, 7) is 3.49. The standard InChI is InChI=1S/C16H18O6/c1-3-4-8-16(14(18)19,15(20)21)10-11-6-5-7-12(9-11)13(17)22-2/h3,5-7,9H,1,4,8,10H2,2H3,(H,18,19)(H,20,21). The Bertz CT molecular complexity index is 576. The van der Waals surface area contributed by atoms with Crippen LogP contribution in [0.5, 0.6) is 0 Å². The summed E-state index contributed by atoms with van der Waals surface area (Å²) >= 11 is 0. The maximum absolute atomic E-state index is 11.5. The number of allylic oxidation sites excluding steroid dienone is 1. The number of rotatable bonds is 8. The van der Waals surface area contributed by atoms with Crippen molar-refractivity contribution in [3.63, 3.8) is 0 Å². The Morgan fingerprint density at radius 3 is 2.41 bits per heavy atom. The first kappa shape index (κ1) is 17.4. The van der Waals surface area contributed by atoms with Gasteiger partial charge in [0.15, 0.2) is 5.41 Å². The predicted octanol–water partition coefficient (Wildman–Crippen LogP) is 2.14. The van der Waals surface area contributed by atoms with Crippen LogP contribution < -0.4 is 0 Å². The Balaban J connectivity index is 3.18. The Morgan fingerprint density at radius 2 is 1.91 bits per heavy atom. The van der Waals surface area contributed by atoms with E-state index in [1.165, 1.54) is 25.3 Å². The molecule has 0 spiro atoms. The summed E-state index contributed by atoms with van der Waals surface area (Å²) in [5.41, 5.74) is -1.27.